The Balaban J connectivity index is 1.64. The normalized spacial score (nSPS) is 12.1. The molecule has 6 heteroatoms. The van der Waals surface area contributed by atoms with Crippen molar-refractivity contribution in [2.75, 3.05) is 10.6 Å². The van der Waals surface area contributed by atoms with Gasteiger partial charge in [-0.05, 0) is 55.0 Å². The van der Waals surface area contributed by atoms with E-state index in [9.17, 15) is 9.59 Å². The molecule has 0 radical (unpaired) electrons. The molecule has 0 spiro atoms. The highest BCUT2D eigenvalue weighted by atomic mass is 35.5. The van der Waals surface area contributed by atoms with Crippen LogP contribution < -0.4 is 15.4 Å². The van der Waals surface area contributed by atoms with Gasteiger partial charge in [0.25, 0.3) is 11.8 Å². The zero-order valence-electron chi connectivity index (χ0n) is 14.4. The summed E-state index contributed by atoms with van der Waals surface area (Å²) < 4.78 is 5.87. The summed E-state index contributed by atoms with van der Waals surface area (Å²) in [7, 11) is 0. The van der Waals surface area contributed by atoms with Gasteiger partial charge < -0.3 is 15.4 Å². The van der Waals surface area contributed by atoms with Gasteiger partial charge in [-0.15, -0.1) is 0 Å². The summed E-state index contributed by atoms with van der Waals surface area (Å²) in [6.45, 7) is 1.94. The van der Waals surface area contributed by atoms with Gasteiger partial charge in [-0.2, -0.15) is 0 Å². The predicted octanol–water partition coefficient (Wildman–Crippen LogP) is 5.26. The molecule has 2 amide bonds. The lowest BCUT2D eigenvalue weighted by Gasteiger charge is -2.10. The molecule has 4 rings (SSSR count). The van der Waals surface area contributed by atoms with Crippen molar-refractivity contribution in [1.82, 2.24) is 0 Å². The first-order valence-electron chi connectivity index (χ1n) is 8.31. The number of hydrogen-bond donors (Lipinski definition) is 2. The number of aryl methyl sites for hydroxylation is 1. The van der Waals surface area contributed by atoms with E-state index in [1.165, 1.54) is 0 Å². The smallest absolute Gasteiger partial charge is 0.259 e. The van der Waals surface area contributed by atoms with Crippen LogP contribution in [0.3, 0.4) is 0 Å². The number of anilines is 2. The van der Waals surface area contributed by atoms with Crippen molar-refractivity contribution in [3.8, 4) is 11.5 Å². The zero-order chi connectivity index (χ0) is 19.0. The van der Waals surface area contributed by atoms with Gasteiger partial charge in [-0.1, -0.05) is 29.8 Å². The summed E-state index contributed by atoms with van der Waals surface area (Å²) in [6.07, 6.45) is 0. The highest BCUT2D eigenvalue weighted by molar-refractivity contribution is 6.34. The first kappa shape index (κ1) is 17.1. The number of carbonyl (C=O) groups is 2. The Kier molecular flexibility index (Phi) is 4.30. The zero-order valence-corrected chi connectivity index (χ0v) is 15.1. The van der Waals surface area contributed by atoms with Crippen LogP contribution in [0.4, 0.5) is 11.4 Å². The summed E-state index contributed by atoms with van der Waals surface area (Å²) in [5.41, 5.74) is 2.78. The van der Waals surface area contributed by atoms with Crippen molar-refractivity contribution in [3.05, 3.63) is 82.4 Å². The number of hydrogen-bond acceptors (Lipinski definition) is 3. The minimum Gasteiger partial charge on any atom is -0.454 e. The number of benzene rings is 3. The van der Waals surface area contributed by atoms with Crippen molar-refractivity contribution >= 4 is 34.8 Å². The fourth-order valence-electron chi connectivity index (χ4n) is 2.86. The lowest BCUT2D eigenvalue weighted by molar-refractivity contribution is 0.101. The SMILES string of the molecule is Cc1ccc2c(c1)NC(=O)c1cc(NC(=O)c3ccccc3Cl)ccc1O2. The third kappa shape index (κ3) is 3.37. The molecular formula is C21H15ClN2O3. The monoisotopic (exact) mass is 378 g/mol. The van der Waals surface area contributed by atoms with Crippen LogP contribution in [-0.4, -0.2) is 11.8 Å². The molecule has 134 valence electrons. The highest BCUT2D eigenvalue weighted by Gasteiger charge is 2.22. The Labute approximate surface area is 160 Å². The number of rotatable bonds is 2. The van der Waals surface area contributed by atoms with E-state index >= 15 is 0 Å². The molecule has 1 aliphatic rings. The predicted molar refractivity (Wildman–Crippen MR) is 105 cm³/mol. The number of halogens is 1. The maximum atomic E-state index is 12.6. The summed E-state index contributed by atoms with van der Waals surface area (Å²) in [4.78, 5) is 25.1. The van der Waals surface area contributed by atoms with Crippen LogP contribution in [0.25, 0.3) is 0 Å². The molecule has 0 saturated heterocycles. The van der Waals surface area contributed by atoms with Gasteiger partial charge in [-0.25, -0.2) is 0 Å². The summed E-state index contributed by atoms with van der Waals surface area (Å²) in [5, 5.41) is 5.96. The molecule has 5 nitrogen and oxygen atoms in total. The highest BCUT2D eigenvalue weighted by Crippen LogP contribution is 2.37. The van der Waals surface area contributed by atoms with Crippen molar-refractivity contribution in [2.24, 2.45) is 0 Å². The summed E-state index contributed by atoms with van der Waals surface area (Å²) in [5.74, 6) is 0.337. The summed E-state index contributed by atoms with van der Waals surface area (Å²) in [6, 6.07) is 17.3. The van der Waals surface area contributed by atoms with Crippen LogP contribution in [-0.2, 0) is 0 Å². The molecule has 1 aliphatic heterocycles. The molecular weight excluding hydrogens is 364 g/mol. The van der Waals surface area contributed by atoms with Crippen LogP contribution in [0.1, 0.15) is 26.3 Å². The molecule has 0 aromatic heterocycles. The lowest BCUT2D eigenvalue weighted by Crippen LogP contribution is -2.14. The van der Waals surface area contributed by atoms with Crippen molar-refractivity contribution in [1.29, 1.82) is 0 Å². The topological polar surface area (TPSA) is 67.4 Å². The van der Waals surface area contributed by atoms with Crippen LogP contribution in [0.2, 0.25) is 5.02 Å². The van der Waals surface area contributed by atoms with E-state index in [-0.39, 0.29) is 11.8 Å². The second-order valence-corrected chi connectivity index (χ2v) is 6.61. The summed E-state index contributed by atoms with van der Waals surface area (Å²) >= 11 is 6.06. The third-order valence-corrected chi connectivity index (χ3v) is 4.53. The molecule has 3 aromatic rings. The first-order valence-corrected chi connectivity index (χ1v) is 8.69. The van der Waals surface area contributed by atoms with E-state index in [2.05, 4.69) is 10.6 Å². The third-order valence-electron chi connectivity index (χ3n) is 4.20. The molecule has 0 aliphatic carbocycles. The number of ether oxygens (including phenoxy) is 1. The molecule has 0 atom stereocenters. The fourth-order valence-corrected chi connectivity index (χ4v) is 3.08. The first-order chi connectivity index (χ1) is 13.0. The Morgan fingerprint density at radius 3 is 2.63 bits per heavy atom. The molecule has 3 aromatic carbocycles. The minimum absolute atomic E-state index is 0.303. The van der Waals surface area contributed by atoms with E-state index < -0.39 is 0 Å². The van der Waals surface area contributed by atoms with Crippen LogP contribution in [0, 0.1) is 6.92 Å². The maximum Gasteiger partial charge on any atom is 0.259 e. The van der Waals surface area contributed by atoms with E-state index in [0.717, 1.165) is 5.56 Å². The minimum atomic E-state index is -0.352. The molecule has 0 bridgehead atoms. The van der Waals surface area contributed by atoms with Crippen molar-refractivity contribution < 1.29 is 14.3 Å². The molecule has 2 N–H and O–H groups in total. The fraction of sp³-hybridized carbons (Fsp3) is 0.0476. The largest absolute Gasteiger partial charge is 0.454 e. The average Bonchev–Trinajstić information content (AvgIpc) is 2.78. The van der Waals surface area contributed by atoms with Gasteiger partial charge in [0.1, 0.15) is 5.75 Å². The Morgan fingerprint density at radius 1 is 1.04 bits per heavy atom. The Bertz CT molecular complexity index is 1080. The van der Waals surface area contributed by atoms with Crippen LogP contribution >= 0.6 is 11.6 Å². The van der Waals surface area contributed by atoms with Gasteiger partial charge in [0.15, 0.2) is 5.75 Å². The average molecular weight is 379 g/mol. The number of carbonyl (C=O) groups excluding carboxylic acids is 2. The van der Waals surface area contributed by atoms with Gasteiger partial charge in [-0.3, -0.25) is 9.59 Å². The van der Waals surface area contributed by atoms with Gasteiger partial charge in [0, 0.05) is 5.69 Å². The van der Waals surface area contributed by atoms with E-state index in [1.54, 1.807) is 42.5 Å². The Hall–Kier alpha value is -3.31. The maximum absolute atomic E-state index is 12.6. The number of amides is 2. The van der Waals surface area contributed by atoms with E-state index in [1.807, 2.05) is 25.1 Å². The lowest BCUT2D eigenvalue weighted by atomic mass is 10.1. The van der Waals surface area contributed by atoms with Crippen LogP contribution in [0.5, 0.6) is 11.5 Å². The second kappa shape index (κ2) is 6.78. The standard InChI is InChI=1S/C21H15ClN2O3/c1-12-6-8-19-17(10-12)24-21(26)15-11-13(7-9-18(15)27-19)23-20(25)14-4-2-3-5-16(14)22/h2-11H,1H3,(H,23,25)(H,24,26). The second-order valence-electron chi connectivity index (χ2n) is 6.20. The van der Waals surface area contributed by atoms with E-state index in [4.69, 9.17) is 16.3 Å². The molecule has 0 saturated carbocycles. The van der Waals surface area contributed by atoms with Crippen molar-refractivity contribution in [2.45, 2.75) is 6.92 Å². The number of fused-ring (bicyclic) bond motifs is 2. The van der Waals surface area contributed by atoms with Crippen molar-refractivity contribution in [3.63, 3.8) is 0 Å². The van der Waals surface area contributed by atoms with Gasteiger partial charge in [0.05, 0.1) is 21.8 Å². The van der Waals surface area contributed by atoms with E-state index in [0.29, 0.717) is 39.0 Å². The van der Waals surface area contributed by atoms with Crippen LogP contribution in [0.15, 0.2) is 60.7 Å². The molecule has 27 heavy (non-hydrogen) atoms. The number of nitrogens with one attached hydrogen (secondary N) is 2. The molecule has 0 fully saturated rings. The quantitative estimate of drug-likeness (QED) is 0.639. The van der Waals surface area contributed by atoms with Gasteiger partial charge in [0.2, 0.25) is 0 Å². The van der Waals surface area contributed by atoms with Gasteiger partial charge >= 0.3 is 0 Å². The molecule has 1 heterocycles. The molecule has 0 unspecified atom stereocenters. The Morgan fingerprint density at radius 2 is 1.81 bits per heavy atom.